The van der Waals surface area contributed by atoms with Gasteiger partial charge in [-0.15, -0.1) is 0 Å². The molecular weight excluding hydrogens is 282 g/mol. The van der Waals surface area contributed by atoms with Crippen LogP contribution in [0.2, 0.25) is 0 Å². The molecule has 0 amide bonds. The smallest absolute Gasteiger partial charge is 0.124 e. The minimum absolute atomic E-state index is 0.217. The van der Waals surface area contributed by atoms with Crippen molar-refractivity contribution in [1.82, 2.24) is 0 Å². The van der Waals surface area contributed by atoms with Crippen LogP contribution in [0.3, 0.4) is 0 Å². The maximum atomic E-state index is 12.6. The number of hydrogen-bond donors (Lipinski definition) is 1. The van der Waals surface area contributed by atoms with Crippen molar-refractivity contribution in [2.45, 2.75) is 50.8 Å². The van der Waals surface area contributed by atoms with E-state index in [1.54, 1.807) is 0 Å². The Bertz CT molecular complexity index is 478. The Morgan fingerprint density at radius 3 is 2.86 bits per heavy atom. The molecule has 0 bridgehead atoms. The lowest BCUT2D eigenvalue weighted by molar-refractivity contribution is 0.335. The number of ether oxygens (including phenoxy) is 1. The van der Waals surface area contributed by atoms with Crippen LogP contribution in [-0.4, -0.2) is 21.8 Å². The summed E-state index contributed by atoms with van der Waals surface area (Å²) in [5.41, 5.74) is 7.26. The number of benzene rings is 1. The lowest BCUT2D eigenvalue weighted by Crippen LogP contribution is -2.29. The van der Waals surface area contributed by atoms with E-state index in [2.05, 4.69) is 6.92 Å². The zero-order valence-corrected chi connectivity index (χ0v) is 13.9. The first-order valence-electron chi connectivity index (χ1n) is 7.96. The van der Waals surface area contributed by atoms with Crippen LogP contribution >= 0.6 is 0 Å². The summed E-state index contributed by atoms with van der Waals surface area (Å²) >= 11 is 0. The molecule has 1 aromatic rings. The Labute approximate surface area is 130 Å². The predicted octanol–water partition coefficient (Wildman–Crippen LogP) is 3.41. The van der Waals surface area contributed by atoms with Crippen LogP contribution in [0.4, 0.5) is 0 Å². The van der Waals surface area contributed by atoms with Gasteiger partial charge in [0, 0.05) is 33.4 Å². The van der Waals surface area contributed by atoms with Gasteiger partial charge in [-0.2, -0.15) is 0 Å². The van der Waals surface area contributed by atoms with Crippen LogP contribution < -0.4 is 10.5 Å². The zero-order chi connectivity index (χ0) is 15.2. The average Bonchev–Trinajstić information content (AvgIpc) is 2.48. The highest BCUT2D eigenvalue weighted by Gasteiger charge is 2.26. The van der Waals surface area contributed by atoms with Gasteiger partial charge in [-0.05, 0) is 31.7 Å². The van der Waals surface area contributed by atoms with Crippen LogP contribution in [-0.2, 0) is 10.8 Å². The van der Waals surface area contributed by atoms with Gasteiger partial charge in [0.25, 0.3) is 0 Å². The van der Waals surface area contributed by atoms with E-state index >= 15 is 0 Å². The molecule has 1 fully saturated rings. The molecule has 0 spiro atoms. The molecule has 1 aliphatic carbocycles. The Morgan fingerprint density at radius 1 is 1.38 bits per heavy atom. The molecule has 1 aromatic carbocycles. The van der Waals surface area contributed by atoms with E-state index < -0.39 is 10.8 Å². The lowest BCUT2D eigenvalue weighted by Gasteiger charge is -2.27. The van der Waals surface area contributed by atoms with Gasteiger partial charge in [-0.25, -0.2) is 0 Å². The third-order valence-electron chi connectivity index (χ3n) is 4.22. The van der Waals surface area contributed by atoms with E-state index in [0.717, 1.165) is 24.2 Å². The first-order valence-corrected chi connectivity index (χ1v) is 9.34. The molecule has 0 aliphatic heterocycles. The molecule has 4 atom stereocenters. The van der Waals surface area contributed by atoms with Crippen molar-refractivity contribution in [1.29, 1.82) is 0 Å². The van der Waals surface area contributed by atoms with Crippen LogP contribution in [0.25, 0.3) is 0 Å². The van der Waals surface area contributed by atoms with Gasteiger partial charge in [-0.3, -0.25) is 4.21 Å². The third kappa shape index (κ3) is 4.55. The molecule has 3 nitrogen and oxygen atoms in total. The third-order valence-corrected chi connectivity index (χ3v) is 6.08. The fourth-order valence-electron chi connectivity index (χ4n) is 3.09. The van der Waals surface area contributed by atoms with Gasteiger partial charge in [0.05, 0.1) is 6.61 Å². The molecule has 4 unspecified atom stereocenters. The largest absolute Gasteiger partial charge is 0.494 e. The van der Waals surface area contributed by atoms with Crippen molar-refractivity contribution in [3.8, 4) is 5.75 Å². The first kappa shape index (κ1) is 16.5. The van der Waals surface area contributed by atoms with Crippen LogP contribution in [0, 0.1) is 5.92 Å². The summed E-state index contributed by atoms with van der Waals surface area (Å²) in [7, 11) is -0.851. The van der Waals surface area contributed by atoms with Crippen LogP contribution in [0.5, 0.6) is 5.75 Å². The van der Waals surface area contributed by atoms with E-state index in [1.807, 2.05) is 31.2 Å². The minimum atomic E-state index is -0.851. The molecule has 21 heavy (non-hydrogen) atoms. The molecule has 1 aliphatic rings. The topological polar surface area (TPSA) is 52.3 Å². The molecule has 0 heterocycles. The van der Waals surface area contributed by atoms with Gasteiger partial charge < -0.3 is 10.5 Å². The Balaban J connectivity index is 2.00. The number of para-hydroxylation sites is 1. The van der Waals surface area contributed by atoms with E-state index in [1.165, 1.54) is 12.8 Å². The Hall–Kier alpha value is -0.870. The van der Waals surface area contributed by atoms with E-state index in [0.29, 0.717) is 23.5 Å². The second kappa shape index (κ2) is 7.95. The average molecular weight is 309 g/mol. The van der Waals surface area contributed by atoms with Gasteiger partial charge in [0.1, 0.15) is 5.75 Å². The highest BCUT2D eigenvalue weighted by Crippen LogP contribution is 2.30. The van der Waals surface area contributed by atoms with Crippen molar-refractivity contribution in [3.63, 3.8) is 0 Å². The summed E-state index contributed by atoms with van der Waals surface area (Å²) in [4.78, 5) is 0. The van der Waals surface area contributed by atoms with Gasteiger partial charge in [0.15, 0.2) is 0 Å². The fourth-order valence-corrected chi connectivity index (χ4v) is 4.87. The molecule has 1 saturated carbocycles. The summed E-state index contributed by atoms with van der Waals surface area (Å²) in [6.07, 6.45) is 4.62. The van der Waals surface area contributed by atoms with E-state index in [9.17, 15) is 4.21 Å². The standard InChI is InChI=1S/C17H27NO2S/c1-3-20-17-10-5-4-9-15(17)16(18)12-21(19)14-8-6-7-13(2)11-14/h4-5,9-10,13-14,16H,3,6-8,11-12,18H2,1-2H3. The van der Waals surface area contributed by atoms with Crippen molar-refractivity contribution in [3.05, 3.63) is 29.8 Å². The van der Waals surface area contributed by atoms with Gasteiger partial charge in [0.2, 0.25) is 0 Å². The van der Waals surface area contributed by atoms with E-state index in [-0.39, 0.29) is 6.04 Å². The molecular formula is C17H27NO2S. The number of nitrogens with two attached hydrogens (primary N) is 1. The SMILES string of the molecule is CCOc1ccccc1C(N)CS(=O)C1CCCC(C)C1. The molecule has 2 rings (SSSR count). The fraction of sp³-hybridized carbons (Fsp3) is 0.647. The second-order valence-electron chi connectivity index (χ2n) is 6.02. The first-order chi connectivity index (χ1) is 10.1. The molecule has 2 N–H and O–H groups in total. The van der Waals surface area contributed by atoms with Crippen LogP contribution in [0.1, 0.15) is 51.1 Å². The monoisotopic (exact) mass is 309 g/mol. The van der Waals surface area contributed by atoms with Gasteiger partial charge in [-0.1, -0.05) is 38.0 Å². The highest BCUT2D eigenvalue weighted by molar-refractivity contribution is 7.85. The maximum Gasteiger partial charge on any atom is 0.124 e. The molecule has 4 heteroatoms. The summed E-state index contributed by atoms with van der Waals surface area (Å²) in [6.45, 7) is 4.84. The molecule has 0 saturated heterocycles. The Morgan fingerprint density at radius 2 is 2.14 bits per heavy atom. The van der Waals surface area contributed by atoms with Crippen LogP contribution in [0.15, 0.2) is 24.3 Å². The summed E-state index contributed by atoms with van der Waals surface area (Å²) < 4.78 is 18.2. The molecule has 0 radical (unpaired) electrons. The predicted molar refractivity (Wildman–Crippen MR) is 89.0 cm³/mol. The lowest BCUT2D eigenvalue weighted by atomic mass is 9.91. The van der Waals surface area contributed by atoms with Crippen molar-refractivity contribution in [2.75, 3.05) is 12.4 Å². The van der Waals surface area contributed by atoms with Crippen molar-refractivity contribution in [2.24, 2.45) is 11.7 Å². The van der Waals surface area contributed by atoms with Crippen molar-refractivity contribution < 1.29 is 8.95 Å². The van der Waals surface area contributed by atoms with Crippen molar-refractivity contribution >= 4 is 10.8 Å². The summed E-state index contributed by atoms with van der Waals surface area (Å²) in [5.74, 6) is 2.04. The Kier molecular flexibility index (Phi) is 6.24. The van der Waals surface area contributed by atoms with Gasteiger partial charge >= 0.3 is 0 Å². The normalized spacial score (nSPS) is 25.3. The highest BCUT2D eigenvalue weighted by atomic mass is 32.2. The maximum absolute atomic E-state index is 12.6. The van der Waals surface area contributed by atoms with E-state index in [4.69, 9.17) is 10.5 Å². The second-order valence-corrected chi connectivity index (χ2v) is 7.78. The zero-order valence-electron chi connectivity index (χ0n) is 13.1. The number of hydrogen-bond acceptors (Lipinski definition) is 3. The minimum Gasteiger partial charge on any atom is -0.494 e. The number of rotatable bonds is 6. The molecule has 0 aromatic heterocycles. The quantitative estimate of drug-likeness (QED) is 0.876. The summed E-state index contributed by atoms with van der Waals surface area (Å²) in [6, 6.07) is 7.61. The molecule has 118 valence electrons. The summed E-state index contributed by atoms with van der Waals surface area (Å²) in [5, 5.41) is 0.319.